The molecule has 0 fully saturated rings. The largest absolute Gasteiger partial charge is 0.347 e. The molecule has 1 heterocycles. The summed E-state index contributed by atoms with van der Waals surface area (Å²) in [6.07, 6.45) is 1.72. The van der Waals surface area contributed by atoms with Crippen molar-refractivity contribution in [1.82, 2.24) is 9.97 Å². The number of aromatic nitrogens is 2. The van der Waals surface area contributed by atoms with E-state index in [0.717, 1.165) is 22.9 Å². The van der Waals surface area contributed by atoms with Crippen LogP contribution >= 0.6 is 11.6 Å². The molecule has 3 aromatic rings. The van der Waals surface area contributed by atoms with Crippen molar-refractivity contribution in [2.45, 2.75) is 20.8 Å². The lowest BCUT2D eigenvalue weighted by molar-refractivity contribution is 1.15. The number of aromatic amines is 1. The lowest BCUT2D eigenvalue weighted by atomic mass is 10.1. The van der Waals surface area contributed by atoms with Crippen LogP contribution in [0.4, 0.5) is 17.2 Å². The average molecular weight is 312 g/mol. The van der Waals surface area contributed by atoms with Gasteiger partial charge in [-0.2, -0.15) is 0 Å². The van der Waals surface area contributed by atoms with Crippen LogP contribution in [0.1, 0.15) is 16.8 Å². The maximum absolute atomic E-state index is 6.20. The molecule has 0 saturated heterocycles. The van der Waals surface area contributed by atoms with Crippen LogP contribution < -0.4 is 4.90 Å². The maximum atomic E-state index is 6.20. The number of benzene rings is 2. The van der Waals surface area contributed by atoms with Crippen molar-refractivity contribution in [1.29, 1.82) is 0 Å². The van der Waals surface area contributed by atoms with Crippen LogP contribution in [0.2, 0.25) is 5.02 Å². The fraction of sp³-hybridized carbons (Fsp3) is 0.167. The van der Waals surface area contributed by atoms with Crippen molar-refractivity contribution in [2.24, 2.45) is 0 Å². The standard InChI is InChI=1S/C18H18ClN3/c1-12-6-4-7-13(2)17(12)22(18-14(3)20-11-21-18)16-9-5-8-15(19)10-16/h4-11H,1-3H3,(H,20,21). The molecule has 0 radical (unpaired) electrons. The Hall–Kier alpha value is -2.26. The highest BCUT2D eigenvalue weighted by Gasteiger charge is 2.20. The number of halogens is 1. The third kappa shape index (κ3) is 2.60. The number of hydrogen-bond acceptors (Lipinski definition) is 2. The van der Waals surface area contributed by atoms with E-state index in [4.69, 9.17) is 11.6 Å². The van der Waals surface area contributed by atoms with Gasteiger partial charge in [-0.25, -0.2) is 4.98 Å². The van der Waals surface area contributed by atoms with Crippen LogP contribution in [0.3, 0.4) is 0 Å². The highest BCUT2D eigenvalue weighted by atomic mass is 35.5. The number of aryl methyl sites for hydroxylation is 3. The van der Waals surface area contributed by atoms with Crippen molar-refractivity contribution >= 4 is 28.8 Å². The number of rotatable bonds is 3. The molecule has 0 atom stereocenters. The van der Waals surface area contributed by atoms with E-state index in [0.29, 0.717) is 5.02 Å². The minimum atomic E-state index is 0.710. The van der Waals surface area contributed by atoms with Gasteiger partial charge in [0.05, 0.1) is 17.7 Å². The predicted octanol–water partition coefficient (Wildman–Crippen LogP) is 5.46. The normalized spacial score (nSPS) is 10.7. The van der Waals surface area contributed by atoms with Gasteiger partial charge in [0.2, 0.25) is 0 Å². The Bertz CT molecular complexity index is 787. The summed E-state index contributed by atoms with van der Waals surface area (Å²) in [5.74, 6) is 0.889. The molecule has 0 amide bonds. The number of anilines is 3. The van der Waals surface area contributed by atoms with Crippen LogP contribution in [0.25, 0.3) is 0 Å². The molecule has 112 valence electrons. The molecule has 0 aliphatic carbocycles. The van der Waals surface area contributed by atoms with Gasteiger partial charge < -0.3 is 4.98 Å². The molecule has 0 spiro atoms. The molecule has 0 aliphatic rings. The van der Waals surface area contributed by atoms with Gasteiger partial charge in [0, 0.05) is 10.7 Å². The fourth-order valence-corrected chi connectivity index (χ4v) is 2.89. The summed E-state index contributed by atoms with van der Waals surface area (Å²) >= 11 is 6.20. The number of para-hydroxylation sites is 1. The molecular formula is C18H18ClN3. The fourth-order valence-electron chi connectivity index (χ4n) is 2.71. The third-order valence-corrected chi connectivity index (χ3v) is 3.98. The van der Waals surface area contributed by atoms with Gasteiger partial charge in [0.15, 0.2) is 5.82 Å². The Morgan fingerprint density at radius 1 is 1.00 bits per heavy atom. The summed E-state index contributed by atoms with van der Waals surface area (Å²) in [7, 11) is 0. The van der Waals surface area contributed by atoms with Gasteiger partial charge in [-0.05, 0) is 50.1 Å². The second-order valence-electron chi connectivity index (χ2n) is 5.41. The quantitative estimate of drug-likeness (QED) is 0.696. The Kier molecular flexibility index (Phi) is 3.90. The number of H-pyrrole nitrogens is 1. The molecule has 1 N–H and O–H groups in total. The van der Waals surface area contributed by atoms with Crippen molar-refractivity contribution in [3.8, 4) is 0 Å². The summed E-state index contributed by atoms with van der Waals surface area (Å²) in [4.78, 5) is 9.82. The van der Waals surface area contributed by atoms with E-state index in [9.17, 15) is 0 Å². The van der Waals surface area contributed by atoms with Gasteiger partial charge in [-0.1, -0.05) is 35.9 Å². The molecule has 0 aliphatic heterocycles. The topological polar surface area (TPSA) is 31.9 Å². The zero-order chi connectivity index (χ0) is 15.7. The Labute approximate surface area is 135 Å². The average Bonchev–Trinajstić information content (AvgIpc) is 2.89. The second kappa shape index (κ2) is 5.85. The second-order valence-corrected chi connectivity index (χ2v) is 5.84. The Morgan fingerprint density at radius 2 is 1.68 bits per heavy atom. The number of nitrogens with zero attached hydrogens (tertiary/aromatic N) is 2. The molecule has 22 heavy (non-hydrogen) atoms. The van der Waals surface area contributed by atoms with Crippen LogP contribution in [-0.2, 0) is 0 Å². The van der Waals surface area contributed by atoms with Gasteiger partial charge in [0.25, 0.3) is 0 Å². The van der Waals surface area contributed by atoms with E-state index in [-0.39, 0.29) is 0 Å². The molecule has 3 nitrogen and oxygen atoms in total. The first-order valence-corrected chi connectivity index (χ1v) is 7.57. The lowest BCUT2D eigenvalue weighted by Gasteiger charge is -2.27. The van der Waals surface area contributed by atoms with Crippen molar-refractivity contribution < 1.29 is 0 Å². The zero-order valence-electron chi connectivity index (χ0n) is 12.9. The molecule has 4 heteroatoms. The smallest absolute Gasteiger partial charge is 0.158 e. The number of imidazole rings is 1. The van der Waals surface area contributed by atoms with E-state index in [1.165, 1.54) is 11.1 Å². The minimum Gasteiger partial charge on any atom is -0.347 e. The van der Waals surface area contributed by atoms with Crippen molar-refractivity contribution in [2.75, 3.05) is 4.90 Å². The van der Waals surface area contributed by atoms with E-state index in [1.807, 2.05) is 31.2 Å². The first-order chi connectivity index (χ1) is 10.6. The SMILES string of the molecule is Cc1cccc(C)c1N(c1cccc(Cl)c1)c1nc[nH]c1C. The van der Waals surface area contributed by atoms with E-state index >= 15 is 0 Å². The van der Waals surface area contributed by atoms with E-state index in [1.54, 1.807) is 6.33 Å². The molecule has 0 unspecified atom stereocenters. The van der Waals surface area contributed by atoms with Crippen LogP contribution in [0, 0.1) is 20.8 Å². The minimum absolute atomic E-state index is 0.710. The van der Waals surface area contributed by atoms with E-state index < -0.39 is 0 Å². The molecule has 2 aromatic carbocycles. The molecule has 3 rings (SSSR count). The molecule has 0 saturated carbocycles. The van der Waals surface area contributed by atoms with Gasteiger partial charge in [-0.3, -0.25) is 4.90 Å². The van der Waals surface area contributed by atoms with Gasteiger partial charge in [0.1, 0.15) is 0 Å². The summed E-state index contributed by atoms with van der Waals surface area (Å²) in [5.41, 5.74) is 5.55. The molecule has 0 bridgehead atoms. The first-order valence-electron chi connectivity index (χ1n) is 7.20. The number of hydrogen-bond donors (Lipinski definition) is 1. The van der Waals surface area contributed by atoms with Crippen molar-refractivity contribution in [3.63, 3.8) is 0 Å². The Morgan fingerprint density at radius 3 is 2.27 bits per heavy atom. The Balaban J connectivity index is 2.27. The summed E-state index contributed by atoms with van der Waals surface area (Å²) in [6, 6.07) is 14.1. The summed E-state index contributed by atoms with van der Waals surface area (Å²) in [5, 5.41) is 0.710. The number of nitrogens with one attached hydrogen (secondary N) is 1. The summed E-state index contributed by atoms with van der Waals surface area (Å²) < 4.78 is 0. The first kappa shape index (κ1) is 14.7. The summed E-state index contributed by atoms with van der Waals surface area (Å²) in [6.45, 7) is 6.25. The zero-order valence-corrected chi connectivity index (χ0v) is 13.6. The third-order valence-electron chi connectivity index (χ3n) is 3.74. The molecular weight excluding hydrogens is 294 g/mol. The van der Waals surface area contributed by atoms with Crippen molar-refractivity contribution in [3.05, 3.63) is 70.6 Å². The van der Waals surface area contributed by atoms with Crippen LogP contribution in [-0.4, -0.2) is 9.97 Å². The monoisotopic (exact) mass is 311 g/mol. The van der Waals surface area contributed by atoms with Crippen LogP contribution in [0.15, 0.2) is 48.8 Å². The lowest BCUT2D eigenvalue weighted by Crippen LogP contribution is -2.14. The van der Waals surface area contributed by atoms with Gasteiger partial charge in [-0.15, -0.1) is 0 Å². The van der Waals surface area contributed by atoms with E-state index in [2.05, 4.69) is 46.9 Å². The predicted molar refractivity (Wildman–Crippen MR) is 92.5 cm³/mol. The maximum Gasteiger partial charge on any atom is 0.158 e. The highest BCUT2D eigenvalue weighted by Crippen LogP contribution is 2.39. The van der Waals surface area contributed by atoms with Crippen LogP contribution in [0.5, 0.6) is 0 Å². The van der Waals surface area contributed by atoms with Gasteiger partial charge >= 0.3 is 0 Å². The highest BCUT2D eigenvalue weighted by molar-refractivity contribution is 6.30. The molecule has 1 aromatic heterocycles.